The first-order chi connectivity index (χ1) is 8.29. The predicted octanol–water partition coefficient (Wildman–Crippen LogP) is 1.89. The minimum Gasteiger partial charge on any atom is -0.350 e. The fraction of sp³-hybridized carbons (Fsp3) is 0.692. The Morgan fingerprint density at radius 1 is 1.50 bits per heavy atom. The monoisotopic (exact) mass is 269 g/mol. The van der Waals surface area contributed by atoms with Crippen LogP contribution < -0.4 is 10.6 Å². The van der Waals surface area contributed by atoms with E-state index in [9.17, 15) is 4.79 Å². The molecule has 0 aliphatic heterocycles. The van der Waals surface area contributed by atoms with Crippen molar-refractivity contribution in [3.63, 3.8) is 0 Å². The van der Waals surface area contributed by atoms with Gasteiger partial charge in [0.05, 0.1) is 17.2 Å². The van der Waals surface area contributed by atoms with Gasteiger partial charge in [-0.05, 0) is 41.0 Å². The van der Waals surface area contributed by atoms with E-state index < -0.39 is 0 Å². The Labute approximate surface area is 113 Å². The fourth-order valence-corrected chi connectivity index (χ4v) is 2.32. The van der Waals surface area contributed by atoms with Crippen LogP contribution in [-0.2, 0) is 11.2 Å². The number of rotatable bonds is 5. The molecule has 4 nitrogen and oxygen atoms in total. The summed E-state index contributed by atoms with van der Waals surface area (Å²) in [7, 11) is 0. The van der Waals surface area contributed by atoms with Gasteiger partial charge < -0.3 is 10.6 Å². The van der Waals surface area contributed by atoms with Gasteiger partial charge in [-0.15, -0.1) is 11.3 Å². The number of carbonyl (C=O) groups is 1. The fourth-order valence-electron chi connectivity index (χ4n) is 1.54. The molecule has 1 aromatic rings. The molecule has 1 amide bonds. The number of nitrogens with zero attached hydrogens (tertiary/aromatic N) is 1. The summed E-state index contributed by atoms with van der Waals surface area (Å²) in [5.74, 6) is 0.0449. The third kappa shape index (κ3) is 5.14. The van der Waals surface area contributed by atoms with E-state index in [1.165, 1.54) is 4.88 Å². The molecule has 5 heteroatoms. The molecular weight excluding hydrogens is 246 g/mol. The summed E-state index contributed by atoms with van der Waals surface area (Å²) >= 11 is 1.67. The van der Waals surface area contributed by atoms with Crippen LogP contribution in [0.3, 0.4) is 0 Å². The lowest BCUT2D eigenvalue weighted by molar-refractivity contribution is -0.124. The number of hydrogen-bond donors (Lipinski definition) is 2. The van der Waals surface area contributed by atoms with Gasteiger partial charge in [-0.1, -0.05) is 0 Å². The van der Waals surface area contributed by atoms with Crippen LogP contribution in [0.25, 0.3) is 0 Å². The first kappa shape index (κ1) is 15.1. The lowest BCUT2D eigenvalue weighted by Crippen LogP contribution is -2.49. The van der Waals surface area contributed by atoms with Gasteiger partial charge in [0.2, 0.25) is 5.91 Å². The molecule has 0 spiro atoms. The Morgan fingerprint density at radius 3 is 2.67 bits per heavy atom. The summed E-state index contributed by atoms with van der Waals surface area (Å²) < 4.78 is 0. The van der Waals surface area contributed by atoms with Gasteiger partial charge in [0.15, 0.2) is 0 Å². The highest BCUT2D eigenvalue weighted by atomic mass is 32.1. The molecule has 2 N–H and O–H groups in total. The quantitative estimate of drug-likeness (QED) is 0.858. The standard InChI is InChI=1S/C13H23N3OS/c1-9-11(18-8-15-9)6-7-14-10(2)12(17)16-13(3,4)5/h8,10,14H,6-7H2,1-5H3,(H,16,17). The first-order valence-corrected chi connectivity index (χ1v) is 7.12. The summed E-state index contributed by atoms with van der Waals surface area (Å²) in [6.45, 7) is 10.7. The lowest BCUT2D eigenvalue weighted by atomic mass is 10.1. The molecule has 0 bridgehead atoms. The van der Waals surface area contributed by atoms with Crippen LogP contribution >= 0.6 is 11.3 Å². The molecule has 0 aromatic carbocycles. The number of hydrogen-bond acceptors (Lipinski definition) is 4. The summed E-state index contributed by atoms with van der Waals surface area (Å²) in [6.07, 6.45) is 0.920. The molecule has 0 aliphatic rings. The van der Waals surface area contributed by atoms with E-state index in [2.05, 4.69) is 15.6 Å². The number of aromatic nitrogens is 1. The highest BCUT2D eigenvalue weighted by molar-refractivity contribution is 7.09. The Bertz CT molecular complexity index is 395. The number of thiazole rings is 1. The maximum Gasteiger partial charge on any atom is 0.237 e. The van der Waals surface area contributed by atoms with Crippen LogP contribution in [0.5, 0.6) is 0 Å². The second kappa shape index (κ2) is 6.29. The average molecular weight is 269 g/mol. The molecule has 0 saturated carbocycles. The molecule has 0 aliphatic carbocycles. The molecule has 0 fully saturated rings. The van der Waals surface area contributed by atoms with E-state index in [0.717, 1.165) is 18.7 Å². The van der Waals surface area contributed by atoms with Gasteiger partial charge in [-0.25, -0.2) is 4.98 Å². The number of carbonyl (C=O) groups excluding carboxylic acids is 1. The van der Waals surface area contributed by atoms with Crippen LogP contribution in [0.1, 0.15) is 38.3 Å². The van der Waals surface area contributed by atoms with Gasteiger partial charge in [0.1, 0.15) is 0 Å². The second-order valence-electron chi connectivity index (χ2n) is 5.53. The second-order valence-corrected chi connectivity index (χ2v) is 6.47. The van der Waals surface area contributed by atoms with Crippen molar-refractivity contribution >= 4 is 17.2 Å². The van der Waals surface area contributed by atoms with Crippen molar-refractivity contribution in [2.45, 2.75) is 52.6 Å². The molecule has 1 heterocycles. The third-order valence-corrected chi connectivity index (χ3v) is 3.53. The molecule has 1 aromatic heterocycles. The molecule has 102 valence electrons. The minimum atomic E-state index is -0.179. The zero-order valence-corrected chi connectivity index (χ0v) is 12.6. The smallest absolute Gasteiger partial charge is 0.237 e. The van der Waals surface area contributed by atoms with Crippen LogP contribution in [0.2, 0.25) is 0 Å². The van der Waals surface area contributed by atoms with E-state index in [1.54, 1.807) is 11.3 Å². The van der Waals surface area contributed by atoms with Crippen molar-refractivity contribution in [3.05, 3.63) is 16.1 Å². The highest BCUT2D eigenvalue weighted by Gasteiger charge is 2.18. The summed E-state index contributed by atoms with van der Waals surface area (Å²) in [5, 5.41) is 6.20. The van der Waals surface area contributed by atoms with Crippen molar-refractivity contribution in [1.82, 2.24) is 15.6 Å². The maximum absolute atomic E-state index is 11.8. The Hall–Kier alpha value is -0.940. The highest BCUT2D eigenvalue weighted by Crippen LogP contribution is 2.11. The van der Waals surface area contributed by atoms with Crippen molar-refractivity contribution in [2.24, 2.45) is 0 Å². The van der Waals surface area contributed by atoms with Crippen molar-refractivity contribution in [3.8, 4) is 0 Å². The van der Waals surface area contributed by atoms with Crippen molar-refractivity contribution in [1.29, 1.82) is 0 Å². The van der Waals surface area contributed by atoms with E-state index in [4.69, 9.17) is 0 Å². The summed E-state index contributed by atoms with van der Waals surface area (Å²) in [6, 6.07) is -0.169. The van der Waals surface area contributed by atoms with Gasteiger partial charge in [0, 0.05) is 17.0 Å². The van der Waals surface area contributed by atoms with Gasteiger partial charge in [-0.2, -0.15) is 0 Å². The van der Waals surface area contributed by atoms with Crippen LogP contribution in [-0.4, -0.2) is 29.0 Å². The van der Waals surface area contributed by atoms with E-state index in [-0.39, 0.29) is 17.5 Å². The van der Waals surface area contributed by atoms with Crippen molar-refractivity contribution in [2.75, 3.05) is 6.54 Å². The molecule has 1 atom stereocenters. The SMILES string of the molecule is Cc1ncsc1CCNC(C)C(=O)NC(C)(C)C. The maximum atomic E-state index is 11.8. The Balaban J connectivity index is 2.31. The number of nitrogens with one attached hydrogen (secondary N) is 2. The molecule has 18 heavy (non-hydrogen) atoms. The minimum absolute atomic E-state index is 0.0449. The van der Waals surface area contributed by atoms with Gasteiger partial charge in [0.25, 0.3) is 0 Å². The predicted molar refractivity (Wildman–Crippen MR) is 75.9 cm³/mol. The zero-order chi connectivity index (χ0) is 13.8. The topological polar surface area (TPSA) is 54.0 Å². The van der Waals surface area contributed by atoms with Crippen LogP contribution in [0.15, 0.2) is 5.51 Å². The van der Waals surface area contributed by atoms with E-state index in [0.29, 0.717) is 0 Å². The van der Waals surface area contributed by atoms with E-state index >= 15 is 0 Å². The normalized spacial score (nSPS) is 13.4. The van der Waals surface area contributed by atoms with E-state index in [1.807, 2.05) is 40.1 Å². The molecular formula is C13H23N3OS. The van der Waals surface area contributed by atoms with Gasteiger partial charge >= 0.3 is 0 Å². The molecule has 1 unspecified atom stereocenters. The molecule has 1 rings (SSSR count). The van der Waals surface area contributed by atoms with Crippen LogP contribution in [0.4, 0.5) is 0 Å². The largest absolute Gasteiger partial charge is 0.350 e. The Morgan fingerprint density at radius 2 is 2.17 bits per heavy atom. The zero-order valence-electron chi connectivity index (χ0n) is 11.8. The van der Waals surface area contributed by atoms with Crippen molar-refractivity contribution < 1.29 is 4.79 Å². The Kier molecular flexibility index (Phi) is 5.28. The molecule has 0 radical (unpaired) electrons. The van der Waals surface area contributed by atoms with Gasteiger partial charge in [-0.3, -0.25) is 4.79 Å². The third-order valence-electron chi connectivity index (χ3n) is 2.54. The molecule has 0 saturated heterocycles. The number of amides is 1. The number of aryl methyl sites for hydroxylation is 1. The lowest BCUT2D eigenvalue weighted by Gasteiger charge is -2.23. The average Bonchev–Trinajstić information content (AvgIpc) is 2.62. The summed E-state index contributed by atoms with van der Waals surface area (Å²) in [4.78, 5) is 17.3. The summed E-state index contributed by atoms with van der Waals surface area (Å²) in [5.41, 5.74) is 2.77. The van der Waals surface area contributed by atoms with Crippen LogP contribution in [0, 0.1) is 6.92 Å². The first-order valence-electron chi connectivity index (χ1n) is 6.24.